The minimum absolute atomic E-state index is 0. The van der Waals surface area contributed by atoms with Crippen LogP contribution in [0, 0.1) is 0 Å². The van der Waals surface area contributed by atoms with Crippen LogP contribution in [0.1, 0.15) is 26.2 Å². The van der Waals surface area contributed by atoms with Crippen LogP contribution in [0.4, 0.5) is 0 Å². The molecule has 0 radical (unpaired) electrons. The van der Waals surface area contributed by atoms with Gasteiger partial charge in [-0.05, 0) is 25.9 Å². The van der Waals surface area contributed by atoms with Gasteiger partial charge in [0.05, 0.1) is 5.88 Å². The number of carbonyl (C=O) groups excluding carboxylic acids is 2. The number of piperidine rings is 1. The number of amides is 2. The molecule has 0 bridgehead atoms. The van der Waals surface area contributed by atoms with E-state index in [1.54, 1.807) is 16.7 Å². The fraction of sp³-hybridized carbons (Fsp3) is 0.833. The number of hydrogen-bond donors (Lipinski definition) is 2. The van der Waals surface area contributed by atoms with Crippen molar-refractivity contribution in [3.8, 4) is 0 Å². The smallest absolute Gasteiger partial charge is 0.243 e. The van der Waals surface area contributed by atoms with Crippen LogP contribution < -0.4 is 10.6 Å². The summed E-state index contributed by atoms with van der Waals surface area (Å²) in [5.41, 5.74) is 0. The molecule has 2 rings (SSSR count). The second kappa shape index (κ2) is 7.97. The van der Waals surface area contributed by atoms with Crippen LogP contribution >= 0.6 is 24.2 Å². The Bertz CT molecular complexity index is 324. The fourth-order valence-corrected chi connectivity index (χ4v) is 3.55. The molecule has 2 saturated heterocycles. The van der Waals surface area contributed by atoms with Crippen LogP contribution in [0.2, 0.25) is 0 Å². The molecule has 0 aromatic rings. The number of hydrogen-bond acceptors (Lipinski definition) is 4. The molecule has 0 aliphatic carbocycles. The summed E-state index contributed by atoms with van der Waals surface area (Å²) in [5.74, 6) is 1.47. The first kappa shape index (κ1) is 16.6. The lowest BCUT2D eigenvalue weighted by Crippen LogP contribution is -2.51. The summed E-state index contributed by atoms with van der Waals surface area (Å²) in [4.78, 5) is 25.7. The van der Waals surface area contributed by atoms with Crippen molar-refractivity contribution in [2.75, 3.05) is 24.7 Å². The van der Waals surface area contributed by atoms with Gasteiger partial charge in [-0.25, -0.2) is 0 Å². The topological polar surface area (TPSA) is 61.4 Å². The molecule has 5 nitrogen and oxygen atoms in total. The van der Waals surface area contributed by atoms with E-state index < -0.39 is 0 Å². The van der Waals surface area contributed by atoms with Crippen LogP contribution in [0.25, 0.3) is 0 Å². The van der Waals surface area contributed by atoms with E-state index in [1.807, 2.05) is 6.92 Å². The Morgan fingerprint density at radius 2 is 2.05 bits per heavy atom. The van der Waals surface area contributed by atoms with Crippen LogP contribution in [0.5, 0.6) is 0 Å². The Kier molecular flexibility index (Phi) is 6.96. The normalized spacial score (nSPS) is 23.8. The minimum atomic E-state index is -0.266. The number of carbonyl (C=O) groups is 2. The van der Waals surface area contributed by atoms with Crippen molar-refractivity contribution >= 4 is 36.0 Å². The summed E-state index contributed by atoms with van der Waals surface area (Å²) in [5, 5.41) is 6.36. The van der Waals surface area contributed by atoms with Gasteiger partial charge in [-0.3, -0.25) is 9.59 Å². The van der Waals surface area contributed by atoms with Crippen molar-refractivity contribution in [1.82, 2.24) is 15.5 Å². The highest BCUT2D eigenvalue weighted by molar-refractivity contribution is 7.99. The molecule has 2 aliphatic heterocycles. The van der Waals surface area contributed by atoms with Crippen molar-refractivity contribution in [1.29, 1.82) is 0 Å². The van der Waals surface area contributed by atoms with Crippen LogP contribution in [0.15, 0.2) is 0 Å². The summed E-state index contributed by atoms with van der Waals surface area (Å²) in [6.45, 7) is 3.76. The molecule has 0 saturated carbocycles. The summed E-state index contributed by atoms with van der Waals surface area (Å²) in [7, 11) is 0. The monoisotopic (exact) mass is 307 g/mol. The zero-order valence-corrected chi connectivity index (χ0v) is 12.8. The Morgan fingerprint density at radius 3 is 2.68 bits per heavy atom. The van der Waals surface area contributed by atoms with E-state index in [2.05, 4.69) is 10.6 Å². The predicted molar refractivity (Wildman–Crippen MR) is 79.5 cm³/mol. The molecule has 2 N–H and O–H groups in total. The average molecular weight is 308 g/mol. The third-order valence-electron chi connectivity index (χ3n) is 3.49. The fourth-order valence-electron chi connectivity index (χ4n) is 2.37. The maximum absolute atomic E-state index is 12.2. The molecule has 0 aromatic heterocycles. The molecule has 1 unspecified atom stereocenters. The van der Waals surface area contributed by atoms with Gasteiger partial charge in [-0.2, -0.15) is 0 Å². The van der Waals surface area contributed by atoms with Crippen LogP contribution in [-0.4, -0.2) is 53.5 Å². The van der Waals surface area contributed by atoms with E-state index in [0.717, 1.165) is 31.7 Å². The molecule has 110 valence electrons. The number of halogens is 1. The lowest BCUT2D eigenvalue weighted by molar-refractivity contribution is -0.138. The van der Waals surface area contributed by atoms with Crippen LogP contribution in [-0.2, 0) is 9.59 Å². The molecular formula is C12H22ClN3O2S. The first-order valence-corrected chi connectivity index (χ1v) is 7.76. The molecule has 2 amide bonds. The van der Waals surface area contributed by atoms with Gasteiger partial charge < -0.3 is 15.5 Å². The Morgan fingerprint density at radius 1 is 1.37 bits per heavy atom. The van der Waals surface area contributed by atoms with Gasteiger partial charge in [0.2, 0.25) is 11.8 Å². The van der Waals surface area contributed by atoms with Gasteiger partial charge in [-0.1, -0.05) is 6.92 Å². The molecule has 0 spiro atoms. The van der Waals surface area contributed by atoms with E-state index in [9.17, 15) is 9.59 Å². The number of rotatable bonds is 3. The van der Waals surface area contributed by atoms with Crippen molar-refractivity contribution < 1.29 is 9.59 Å². The molecule has 2 heterocycles. The molecule has 1 atom stereocenters. The maximum Gasteiger partial charge on any atom is 0.243 e. The molecule has 2 fully saturated rings. The predicted octanol–water partition coefficient (Wildman–Crippen LogP) is 0.588. The maximum atomic E-state index is 12.2. The van der Waals surface area contributed by atoms with Gasteiger partial charge >= 0.3 is 0 Å². The van der Waals surface area contributed by atoms with E-state index in [1.165, 1.54) is 0 Å². The third-order valence-corrected chi connectivity index (χ3v) is 4.51. The second-order valence-corrected chi connectivity index (χ2v) is 5.77. The van der Waals surface area contributed by atoms with E-state index in [0.29, 0.717) is 12.3 Å². The van der Waals surface area contributed by atoms with Gasteiger partial charge in [0.1, 0.15) is 6.04 Å². The standard InChI is InChI=1S/C12H21N3O2S.ClH/c1-2-11(16)15-8-18-7-10(15)12(17)14-9-3-5-13-6-4-9;/h9-10,13H,2-8H2,1H3,(H,14,17);1H. The number of nitrogens with zero attached hydrogens (tertiary/aromatic N) is 1. The highest BCUT2D eigenvalue weighted by Crippen LogP contribution is 2.22. The highest BCUT2D eigenvalue weighted by atomic mass is 35.5. The zero-order valence-electron chi connectivity index (χ0n) is 11.2. The summed E-state index contributed by atoms with van der Waals surface area (Å²) in [6, 6.07) is 0.000245. The van der Waals surface area contributed by atoms with Gasteiger partial charge in [-0.15, -0.1) is 24.2 Å². The third kappa shape index (κ3) is 4.26. The number of thioether (sulfide) groups is 1. The molecule has 19 heavy (non-hydrogen) atoms. The Hall–Kier alpha value is -0.460. The minimum Gasteiger partial charge on any atom is -0.351 e. The first-order valence-electron chi connectivity index (χ1n) is 6.60. The largest absolute Gasteiger partial charge is 0.351 e. The summed E-state index contributed by atoms with van der Waals surface area (Å²) < 4.78 is 0. The molecule has 2 aliphatic rings. The van der Waals surface area contributed by atoms with Gasteiger partial charge in [0.15, 0.2) is 0 Å². The van der Waals surface area contributed by atoms with Crippen LogP contribution in [0.3, 0.4) is 0 Å². The molecule has 7 heteroatoms. The second-order valence-electron chi connectivity index (χ2n) is 4.77. The first-order chi connectivity index (χ1) is 8.72. The summed E-state index contributed by atoms with van der Waals surface area (Å²) >= 11 is 1.66. The van der Waals surface area contributed by atoms with Gasteiger partial charge in [0.25, 0.3) is 0 Å². The molecular weight excluding hydrogens is 286 g/mol. The van der Waals surface area contributed by atoms with Crippen molar-refractivity contribution in [2.24, 2.45) is 0 Å². The average Bonchev–Trinajstić information content (AvgIpc) is 2.88. The van der Waals surface area contributed by atoms with Crippen molar-refractivity contribution in [3.05, 3.63) is 0 Å². The lowest BCUT2D eigenvalue weighted by atomic mass is 10.1. The van der Waals surface area contributed by atoms with E-state index in [-0.39, 0.29) is 36.3 Å². The van der Waals surface area contributed by atoms with Crippen molar-refractivity contribution in [2.45, 2.75) is 38.3 Å². The van der Waals surface area contributed by atoms with Gasteiger partial charge in [0, 0.05) is 18.2 Å². The summed E-state index contributed by atoms with van der Waals surface area (Å²) in [6.07, 6.45) is 2.43. The quantitative estimate of drug-likeness (QED) is 0.801. The SMILES string of the molecule is CCC(=O)N1CSCC1C(=O)NC1CCNCC1.Cl. The number of nitrogens with one attached hydrogen (secondary N) is 2. The van der Waals surface area contributed by atoms with Crippen molar-refractivity contribution in [3.63, 3.8) is 0 Å². The highest BCUT2D eigenvalue weighted by Gasteiger charge is 2.34. The zero-order chi connectivity index (χ0) is 13.0. The lowest BCUT2D eigenvalue weighted by Gasteiger charge is -2.28. The molecule has 0 aromatic carbocycles. The Labute approximate surface area is 124 Å². The van der Waals surface area contributed by atoms with E-state index >= 15 is 0 Å². The van der Waals surface area contributed by atoms with E-state index in [4.69, 9.17) is 0 Å². The Balaban J connectivity index is 0.00000180.